The molecule has 2 aromatic carbocycles. The Hall–Kier alpha value is -1.62. The molecular formula is C16H20O4. The van der Waals surface area contributed by atoms with Crippen LogP contribution in [0.25, 0.3) is 10.8 Å². The number of rotatable bonds is 8. The van der Waals surface area contributed by atoms with Crippen LogP contribution < -0.4 is 4.74 Å². The van der Waals surface area contributed by atoms with Crippen LogP contribution in [0.5, 0.6) is 5.75 Å². The molecule has 0 aromatic heterocycles. The molecule has 20 heavy (non-hydrogen) atoms. The normalized spacial score (nSPS) is 10.9. The predicted octanol–water partition coefficient (Wildman–Crippen LogP) is 2.37. The van der Waals surface area contributed by atoms with Gasteiger partial charge in [-0.3, -0.25) is 0 Å². The van der Waals surface area contributed by atoms with Crippen molar-refractivity contribution in [2.45, 2.75) is 6.61 Å². The summed E-state index contributed by atoms with van der Waals surface area (Å²) in [4.78, 5) is 0. The van der Waals surface area contributed by atoms with Gasteiger partial charge in [0.25, 0.3) is 0 Å². The van der Waals surface area contributed by atoms with Crippen molar-refractivity contribution in [3.8, 4) is 5.75 Å². The van der Waals surface area contributed by atoms with Gasteiger partial charge in [-0.15, -0.1) is 0 Å². The second kappa shape index (κ2) is 7.85. The molecule has 4 heteroatoms. The van der Waals surface area contributed by atoms with Crippen LogP contribution in [-0.4, -0.2) is 38.6 Å². The minimum atomic E-state index is -0.0405. The van der Waals surface area contributed by atoms with Crippen molar-refractivity contribution in [2.75, 3.05) is 33.5 Å². The van der Waals surface area contributed by atoms with Gasteiger partial charge in [0.15, 0.2) is 0 Å². The minimum absolute atomic E-state index is 0.0405. The molecule has 0 aliphatic heterocycles. The maximum Gasteiger partial charge on any atom is 0.125 e. The van der Waals surface area contributed by atoms with Crippen molar-refractivity contribution in [1.29, 1.82) is 0 Å². The molecule has 2 aromatic rings. The lowest BCUT2D eigenvalue weighted by molar-refractivity contribution is 0.0541. The second-order valence-electron chi connectivity index (χ2n) is 4.38. The van der Waals surface area contributed by atoms with Crippen LogP contribution >= 0.6 is 0 Å². The lowest BCUT2D eigenvalue weighted by Crippen LogP contribution is -2.10. The van der Waals surface area contributed by atoms with Crippen LogP contribution in [0.1, 0.15) is 5.56 Å². The number of benzene rings is 2. The Morgan fingerprint density at radius 1 is 0.950 bits per heavy atom. The van der Waals surface area contributed by atoms with E-state index >= 15 is 0 Å². The van der Waals surface area contributed by atoms with Crippen molar-refractivity contribution in [1.82, 2.24) is 0 Å². The quantitative estimate of drug-likeness (QED) is 0.752. The molecule has 0 bridgehead atoms. The molecule has 4 nitrogen and oxygen atoms in total. The van der Waals surface area contributed by atoms with Gasteiger partial charge in [0, 0.05) is 12.7 Å². The Balaban J connectivity index is 1.99. The van der Waals surface area contributed by atoms with Crippen LogP contribution in [0, 0.1) is 0 Å². The first-order chi connectivity index (χ1) is 9.86. The van der Waals surface area contributed by atoms with Gasteiger partial charge in [-0.25, -0.2) is 0 Å². The van der Waals surface area contributed by atoms with E-state index in [0.29, 0.717) is 32.2 Å². The molecule has 0 amide bonds. The molecule has 0 fully saturated rings. The zero-order chi connectivity index (χ0) is 14.2. The van der Waals surface area contributed by atoms with E-state index in [1.54, 1.807) is 7.11 Å². The number of aliphatic hydroxyl groups is 1. The van der Waals surface area contributed by atoms with Crippen LogP contribution in [0.2, 0.25) is 0 Å². The zero-order valence-electron chi connectivity index (χ0n) is 11.7. The first-order valence-electron chi connectivity index (χ1n) is 6.67. The first kappa shape index (κ1) is 14.8. The standard InChI is InChI=1S/C16H20O4/c1-18-8-9-19-10-11-20-16-7-6-13-4-2-3-5-14(13)15(16)12-17/h2-7,17H,8-12H2,1H3. The first-order valence-corrected chi connectivity index (χ1v) is 6.67. The summed E-state index contributed by atoms with van der Waals surface area (Å²) in [5.41, 5.74) is 0.819. The van der Waals surface area contributed by atoms with Gasteiger partial charge < -0.3 is 19.3 Å². The van der Waals surface area contributed by atoms with E-state index in [4.69, 9.17) is 14.2 Å². The summed E-state index contributed by atoms with van der Waals surface area (Å²) < 4.78 is 15.9. The summed E-state index contributed by atoms with van der Waals surface area (Å²) in [5, 5.41) is 11.7. The smallest absolute Gasteiger partial charge is 0.125 e. The molecule has 0 atom stereocenters. The second-order valence-corrected chi connectivity index (χ2v) is 4.38. The minimum Gasteiger partial charge on any atom is -0.491 e. The Bertz CT molecular complexity index is 539. The molecule has 0 radical (unpaired) electrons. The number of methoxy groups -OCH3 is 1. The summed E-state index contributed by atoms with van der Waals surface area (Å²) in [6.45, 7) is 2.06. The average Bonchev–Trinajstić information content (AvgIpc) is 2.50. The van der Waals surface area contributed by atoms with Crippen LogP contribution in [0.15, 0.2) is 36.4 Å². The highest BCUT2D eigenvalue weighted by molar-refractivity contribution is 5.87. The monoisotopic (exact) mass is 276 g/mol. The number of ether oxygens (including phenoxy) is 3. The van der Waals surface area contributed by atoms with Gasteiger partial charge in [0.2, 0.25) is 0 Å². The van der Waals surface area contributed by atoms with Crippen molar-refractivity contribution in [3.63, 3.8) is 0 Å². The number of hydrogen-bond donors (Lipinski definition) is 1. The van der Waals surface area contributed by atoms with E-state index in [0.717, 1.165) is 16.3 Å². The number of hydrogen-bond acceptors (Lipinski definition) is 4. The van der Waals surface area contributed by atoms with Crippen LogP contribution in [-0.2, 0) is 16.1 Å². The van der Waals surface area contributed by atoms with E-state index < -0.39 is 0 Å². The molecule has 1 N–H and O–H groups in total. The Morgan fingerprint density at radius 2 is 1.75 bits per heavy atom. The van der Waals surface area contributed by atoms with Gasteiger partial charge in [-0.2, -0.15) is 0 Å². The lowest BCUT2D eigenvalue weighted by atomic mass is 10.0. The van der Waals surface area contributed by atoms with Crippen LogP contribution in [0.3, 0.4) is 0 Å². The Labute approximate surface area is 118 Å². The maximum absolute atomic E-state index is 9.56. The summed E-state index contributed by atoms with van der Waals surface area (Å²) in [6.07, 6.45) is 0. The molecular weight excluding hydrogens is 256 g/mol. The van der Waals surface area contributed by atoms with Gasteiger partial charge in [-0.1, -0.05) is 30.3 Å². The average molecular weight is 276 g/mol. The maximum atomic E-state index is 9.56. The topological polar surface area (TPSA) is 47.9 Å². The largest absolute Gasteiger partial charge is 0.491 e. The van der Waals surface area contributed by atoms with Crippen molar-refractivity contribution in [3.05, 3.63) is 42.0 Å². The third-order valence-corrected chi connectivity index (χ3v) is 3.07. The molecule has 0 unspecified atom stereocenters. The number of aliphatic hydroxyl groups excluding tert-OH is 1. The molecule has 0 aliphatic rings. The molecule has 0 saturated heterocycles. The molecule has 0 aliphatic carbocycles. The summed E-state index contributed by atoms with van der Waals surface area (Å²) in [7, 11) is 1.64. The van der Waals surface area contributed by atoms with E-state index in [-0.39, 0.29) is 6.61 Å². The predicted molar refractivity (Wildman–Crippen MR) is 78.1 cm³/mol. The highest BCUT2D eigenvalue weighted by Crippen LogP contribution is 2.28. The van der Waals surface area contributed by atoms with Crippen LogP contribution in [0.4, 0.5) is 0 Å². The lowest BCUT2D eigenvalue weighted by Gasteiger charge is -2.13. The van der Waals surface area contributed by atoms with E-state index in [2.05, 4.69) is 0 Å². The fourth-order valence-electron chi connectivity index (χ4n) is 2.07. The fourth-order valence-corrected chi connectivity index (χ4v) is 2.07. The molecule has 0 spiro atoms. The van der Waals surface area contributed by atoms with Gasteiger partial charge in [-0.05, 0) is 16.8 Å². The van der Waals surface area contributed by atoms with Crippen molar-refractivity contribution >= 4 is 10.8 Å². The van der Waals surface area contributed by atoms with E-state index in [1.807, 2.05) is 36.4 Å². The Morgan fingerprint density at radius 3 is 2.55 bits per heavy atom. The Kier molecular flexibility index (Phi) is 5.80. The molecule has 2 rings (SSSR count). The highest BCUT2D eigenvalue weighted by atomic mass is 16.5. The summed E-state index contributed by atoms with van der Waals surface area (Å²) in [6, 6.07) is 11.8. The fraction of sp³-hybridized carbons (Fsp3) is 0.375. The van der Waals surface area contributed by atoms with Gasteiger partial charge in [0.1, 0.15) is 12.4 Å². The van der Waals surface area contributed by atoms with Gasteiger partial charge >= 0.3 is 0 Å². The van der Waals surface area contributed by atoms with E-state index in [1.165, 1.54) is 0 Å². The molecule has 0 heterocycles. The SMILES string of the molecule is COCCOCCOc1ccc2ccccc2c1CO. The van der Waals surface area contributed by atoms with Crippen molar-refractivity contribution in [2.24, 2.45) is 0 Å². The van der Waals surface area contributed by atoms with E-state index in [9.17, 15) is 5.11 Å². The van der Waals surface area contributed by atoms with Crippen molar-refractivity contribution < 1.29 is 19.3 Å². The third kappa shape index (κ3) is 3.70. The zero-order valence-corrected chi connectivity index (χ0v) is 11.7. The molecule has 108 valence electrons. The van der Waals surface area contributed by atoms with Gasteiger partial charge in [0.05, 0.1) is 26.4 Å². The summed E-state index contributed by atoms with van der Waals surface area (Å²) >= 11 is 0. The summed E-state index contributed by atoms with van der Waals surface area (Å²) in [5.74, 6) is 0.710. The highest BCUT2D eigenvalue weighted by Gasteiger charge is 2.07. The number of fused-ring (bicyclic) bond motifs is 1. The third-order valence-electron chi connectivity index (χ3n) is 3.07. The molecule has 0 saturated carbocycles.